The van der Waals surface area contributed by atoms with Gasteiger partial charge in [-0.2, -0.15) is 0 Å². The van der Waals surface area contributed by atoms with Crippen LogP contribution in [-0.4, -0.2) is 7.05 Å². The first-order valence-corrected chi connectivity index (χ1v) is 7.63. The van der Waals surface area contributed by atoms with Crippen LogP contribution in [0.25, 0.3) is 0 Å². The third kappa shape index (κ3) is 3.34. The minimum Gasteiger partial charge on any atom is -0.313 e. The van der Waals surface area contributed by atoms with Crippen molar-refractivity contribution in [3.05, 3.63) is 67.9 Å². The molecule has 0 saturated heterocycles. The second-order valence-corrected chi connectivity index (χ2v) is 6.04. The Labute approximate surface area is 136 Å². The first-order valence-electron chi connectivity index (χ1n) is 6.08. The van der Waals surface area contributed by atoms with E-state index in [0.29, 0.717) is 17.0 Å². The summed E-state index contributed by atoms with van der Waals surface area (Å²) in [6, 6.07) is 10.6. The van der Waals surface area contributed by atoms with Crippen molar-refractivity contribution in [3.63, 3.8) is 0 Å². The van der Waals surface area contributed by atoms with E-state index >= 15 is 0 Å². The summed E-state index contributed by atoms with van der Waals surface area (Å²) in [6.45, 7) is 0. The third-order valence-corrected chi connectivity index (χ3v) is 4.76. The molecule has 1 nitrogen and oxygen atoms in total. The summed E-state index contributed by atoms with van der Waals surface area (Å²) in [5.74, 6) is -0.375. The molecule has 0 heterocycles. The van der Waals surface area contributed by atoms with E-state index in [2.05, 4.69) is 21.2 Å². The molecule has 2 aromatic carbocycles. The molecule has 1 atom stereocenters. The van der Waals surface area contributed by atoms with Gasteiger partial charge in [0, 0.05) is 10.5 Å². The van der Waals surface area contributed by atoms with Crippen LogP contribution in [-0.2, 0) is 6.42 Å². The van der Waals surface area contributed by atoms with Crippen molar-refractivity contribution in [1.82, 2.24) is 5.32 Å². The maximum Gasteiger partial charge on any atom is 0.145 e. The normalized spacial score (nSPS) is 12.4. The molecule has 0 saturated carbocycles. The zero-order valence-corrected chi connectivity index (χ0v) is 13.9. The maximum absolute atomic E-state index is 14.0. The van der Waals surface area contributed by atoms with Crippen molar-refractivity contribution in [2.75, 3.05) is 7.05 Å². The highest BCUT2D eigenvalue weighted by Crippen LogP contribution is 2.32. The van der Waals surface area contributed by atoms with Gasteiger partial charge < -0.3 is 5.32 Å². The van der Waals surface area contributed by atoms with Crippen LogP contribution >= 0.6 is 39.1 Å². The van der Waals surface area contributed by atoms with E-state index in [1.807, 2.05) is 25.2 Å². The fourth-order valence-electron chi connectivity index (χ4n) is 2.08. The van der Waals surface area contributed by atoms with Gasteiger partial charge in [0.2, 0.25) is 0 Å². The fraction of sp³-hybridized carbons (Fsp3) is 0.200. The summed E-state index contributed by atoms with van der Waals surface area (Å²) < 4.78 is 14.8. The van der Waals surface area contributed by atoms with Crippen LogP contribution in [0.15, 0.2) is 40.9 Å². The lowest BCUT2D eigenvalue weighted by molar-refractivity contribution is 0.554. The van der Waals surface area contributed by atoms with Crippen molar-refractivity contribution < 1.29 is 4.39 Å². The van der Waals surface area contributed by atoms with Gasteiger partial charge in [-0.1, -0.05) is 47.5 Å². The molecule has 0 aromatic heterocycles. The van der Waals surface area contributed by atoms with E-state index in [9.17, 15) is 4.39 Å². The molecule has 2 aromatic rings. The van der Waals surface area contributed by atoms with E-state index in [4.69, 9.17) is 23.2 Å². The Morgan fingerprint density at radius 1 is 1.20 bits per heavy atom. The molecule has 1 unspecified atom stereocenters. The lowest BCUT2D eigenvalue weighted by Gasteiger charge is -2.19. The minimum absolute atomic E-state index is 0.0898. The van der Waals surface area contributed by atoms with Gasteiger partial charge in [-0.3, -0.25) is 0 Å². The van der Waals surface area contributed by atoms with Crippen LogP contribution in [0, 0.1) is 5.82 Å². The maximum atomic E-state index is 14.0. The van der Waals surface area contributed by atoms with Crippen molar-refractivity contribution in [2.24, 2.45) is 0 Å². The summed E-state index contributed by atoms with van der Waals surface area (Å²) in [7, 11) is 1.82. The Kier molecular flexibility index (Phi) is 5.44. The molecule has 0 radical (unpaired) electrons. The van der Waals surface area contributed by atoms with Gasteiger partial charge in [-0.05, 0) is 52.7 Å². The average molecular weight is 377 g/mol. The predicted octanol–water partition coefficient (Wildman–Crippen LogP) is 5.40. The highest BCUT2D eigenvalue weighted by molar-refractivity contribution is 9.10. The number of hydrogen-bond donors (Lipinski definition) is 1. The van der Waals surface area contributed by atoms with E-state index in [1.165, 1.54) is 0 Å². The fourth-order valence-corrected chi connectivity index (χ4v) is 2.92. The van der Waals surface area contributed by atoms with Crippen LogP contribution in [0.5, 0.6) is 0 Å². The Balaban J connectivity index is 2.34. The van der Waals surface area contributed by atoms with Crippen LogP contribution in [0.1, 0.15) is 17.2 Å². The molecule has 20 heavy (non-hydrogen) atoms. The SMILES string of the molecule is CNC(Cc1cccc(Cl)c1F)c1cccc(Br)c1Cl. The van der Waals surface area contributed by atoms with Gasteiger partial charge in [-0.25, -0.2) is 4.39 Å². The predicted molar refractivity (Wildman–Crippen MR) is 86.1 cm³/mol. The summed E-state index contributed by atoms with van der Waals surface area (Å²) >= 11 is 15.5. The molecule has 2 rings (SSSR count). The first-order chi connectivity index (χ1) is 9.54. The van der Waals surface area contributed by atoms with Crippen molar-refractivity contribution >= 4 is 39.1 Å². The van der Waals surface area contributed by atoms with E-state index in [1.54, 1.807) is 18.2 Å². The Hall–Kier alpha value is -0.610. The van der Waals surface area contributed by atoms with Crippen LogP contribution in [0.4, 0.5) is 4.39 Å². The summed E-state index contributed by atoms with van der Waals surface area (Å²) in [4.78, 5) is 0. The highest BCUT2D eigenvalue weighted by Gasteiger charge is 2.17. The lowest BCUT2D eigenvalue weighted by Crippen LogP contribution is -2.20. The Morgan fingerprint density at radius 3 is 2.60 bits per heavy atom. The van der Waals surface area contributed by atoms with Gasteiger partial charge in [0.05, 0.1) is 10.0 Å². The molecule has 0 fully saturated rings. The molecule has 5 heteroatoms. The van der Waals surface area contributed by atoms with Gasteiger partial charge >= 0.3 is 0 Å². The molecule has 0 aliphatic rings. The highest BCUT2D eigenvalue weighted by atomic mass is 79.9. The monoisotopic (exact) mass is 375 g/mol. The molecule has 0 amide bonds. The molecular formula is C15H13BrCl2FN. The molecule has 0 bridgehead atoms. The molecule has 0 aliphatic carbocycles. The first kappa shape index (κ1) is 15.8. The summed E-state index contributed by atoms with van der Waals surface area (Å²) in [5.41, 5.74) is 1.48. The van der Waals surface area contributed by atoms with Crippen LogP contribution in [0.2, 0.25) is 10.0 Å². The molecule has 1 N–H and O–H groups in total. The molecule has 0 aliphatic heterocycles. The molecular weight excluding hydrogens is 364 g/mol. The molecule has 106 valence electrons. The van der Waals surface area contributed by atoms with Gasteiger partial charge in [0.15, 0.2) is 0 Å². The summed E-state index contributed by atoms with van der Waals surface area (Å²) in [5, 5.41) is 3.94. The Morgan fingerprint density at radius 2 is 1.90 bits per heavy atom. The van der Waals surface area contributed by atoms with E-state index in [0.717, 1.165) is 10.0 Å². The number of likely N-dealkylation sites (N-methyl/N-ethyl adjacent to an activating group) is 1. The van der Waals surface area contributed by atoms with E-state index < -0.39 is 0 Å². The standard InChI is InChI=1S/C15H13BrCl2FN/c1-20-13(10-5-3-6-11(16)14(10)18)8-9-4-2-7-12(17)15(9)19/h2-7,13,20H,8H2,1H3. The summed E-state index contributed by atoms with van der Waals surface area (Å²) in [6.07, 6.45) is 0.471. The zero-order chi connectivity index (χ0) is 14.7. The van der Waals surface area contributed by atoms with Crippen LogP contribution < -0.4 is 5.32 Å². The van der Waals surface area contributed by atoms with E-state index in [-0.39, 0.29) is 16.9 Å². The molecule has 0 spiro atoms. The number of benzene rings is 2. The lowest BCUT2D eigenvalue weighted by atomic mass is 9.98. The zero-order valence-electron chi connectivity index (χ0n) is 10.8. The second-order valence-electron chi connectivity index (χ2n) is 4.40. The van der Waals surface area contributed by atoms with Crippen molar-refractivity contribution in [1.29, 1.82) is 0 Å². The smallest absolute Gasteiger partial charge is 0.145 e. The van der Waals surface area contributed by atoms with Gasteiger partial charge in [0.1, 0.15) is 5.82 Å². The number of rotatable bonds is 4. The van der Waals surface area contributed by atoms with Crippen molar-refractivity contribution in [3.8, 4) is 0 Å². The van der Waals surface area contributed by atoms with Gasteiger partial charge in [0.25, 0.3) is 0 Å². The minimum atomic E-state index is -0.375. The third-order valence-electron chi connectivity index (χ3n) is 3.16. The number of hydrogen-bond acceptors (Lipinski definition) is 1. The van der Waals surface area contributed by atoms with Gasteiger partial charge in [-0.15, -0.1) is 0 Å². The van der Waals surface area contributed by atoms with Crippen molar-refractivity contribution in [2.45, 2.75) is 12.5 Å². The average Bonchev–Trinajstić information content (AvgIpc) is 2.44. The number of halogens is 4. The topological polar surface area (TPSA) is 12.0 Å². The quantitative estimate of drug-likeness (QED) is 0.753. The Bertz CT molecular complexity index is 619. The second kappa shape index (κ2) is 6.90. The number of nitrogens with one attached hydrogen (secondary N) is 1. The largest absolute Gasteiger partial charge is 0.313 e. The van der Waals surface area contributed by atoms with Crippen LogP contribution in [0.3, 0.4) is 0 Å².